The Bertz CT molecular complexity index is 353. The minimum Gasteiger partial charge on any atom is -0.343 e. The maximum Gasteiger partial charge on any atom is 0.275 e. The van der Waals surface area contributed by atoms with Crippen LogP contribution in [0, 0.1) is 0 Å². The highest BCUT2D eigenvalue weighted by Crippen LogP contribution is 2.13. The molecule has 1 atom stereocenters. The molecule has 0 saturated carbocycles. The zero-order chi connectivity index (χ0) is 10.8. The Morgan fingerprint density at radius 3 is 3.07 bits per heavy atom. The molecule has 0 spiro atoms. The Labute approximate surface area is 88.2 Å². The minimum absolute atomic E-state index is 0.104. The fourth-order valence-corrected chi connectivity index (χ4v) is 1.65. The summed E-state index contributed by atoms with van der Waals surface area (Å²) in [5.74, 6) is -0.104. The van der Waals surface area contributed by atoms with Gasteiger partial charge in [0.2, 0.25) is 0 Å². The Morgan fingerprint density at radius 2 is 2.47 bits per heavy atom. The lowest BCUT2D eigenvalue weighted by Crippen LogP contribution is -2.22. The van der Waals surface area contributed by atoms with Gasteiger partial charge < -0.3 is 10.2 Å². The molecule has 0 radical (unpaired) electrons. The maximum atomic E-state index is 11.6. The van der Waals surface area contributed by atoms with Gasteiger partial charge in [-0.05, 0) is 13.0 Å². The molecule has 1 aliphatic heterocycles. The molecule has 0 aromatic carbocycles. The summed E-state index contributed by atoms with van der Waals surface area (Å²) in [7, 11) is 3.41. The lowest BCUT2D eigenvalue weighted by Gasteiger charge is -2.07. The van der Waals surface area contributed by atoms with Crippen LogP contribution < -0.4 is 5.32 Å². The predicted molar refractivity (Wildman–Crippen MR) is 54.6 cm³/mol. The third-order valence-electron chi connectivity index (χ3n) is 2.54. The summed E-state index contributed by atoms with van der Waals surface area (Å²) in [5.41, 5.74) is 0.409. The van der Waals surface area contributed by atoms with Gasteiger partial charge in [0, 0.05) is 20.6 Å². The number of nitrogens with one attached hydrogen (secondary N) is 1. The SMILES string of the molecule is CN(C)C(=O)c1cn([C@@H]2CCNC2)nn1. The zero-order valence-corrected chi connectivity index (χ0v) is 8.97. The molecule has 82 valence electrons. The molecule has 2 heterocycles. The van der Waals surface area contributed by atoms with Gasteiger partial charge >= 0.3 is 0 Å². The van der Waals surface area contributed by atoms with Crippen LogP contribution in [0.4, 0.5) is 0 Å². The van der Waals surface area contributed by atoms with E-state index in [1.807, 2.05) is 0 Å². The van der Waals surface area contributed by atoms with Crippen LogP contribution in [0.3, 0.4) is 0 Å². The number of amides is 1. The highest BCUT2D eigenvalue weighted by Gasteiger charge is 2.20. The highest BCUT2D eigenvalue weighted by molar-refractivity contribution is 5.91. The molecule has 1 aliphatic rings. The second kappa shape index (κ2) is 3.98. The Kier molecular flexibility index (Phi) is 2.68. The molecule has 6 nitrogen and oxygen atoms in total. The van der Waals surface area contributed by atoms with Gasteiger partial charge in [-0.25, -0.2) is 4.68 Å². The topological polar surface area (TPSA) is 63.1 Å². The van der Waals surface area contributed by atoms with Crippen molar-refractivity contribution in [3.05, 3.63) is 11.9 Å². The quantitative estimate of drug-likeness (QED) is 0.714. The third-order valence-corrected chi connectivity index (χ3v) is 2.54. The summed E-state index contributed by atoms with van der Waals surface area (Å²) in [6, 6.07) is 0.334. The third kappa shape index (κ3) is 1.99. The van der Waals surface area contributed by atoms with E-state index in [1.54, 1.807) is 25.0 Å². The molecular weight excluding hydrogens is 194 g/mol. The Balaban J connectivity index is 2.12. The molecule has 1 aromatic heterocycles. The first-order chi connectivity index (χ1) is 7.18. The standard InChI is InChI=1S/C9H15N5O/c1-13(2)9(15)8-6-14(12-11-8)7-3-4-10-5-7/h6-7,10H,3-5H2,1-2H3/t7-/m1/s1. The van der Waals surface area contributed by atoms with E-state index >= 15 is 0 Å². The van der Waals surface area contributed by atoms with Crippen molar-refractivity contribution < 1.29 is 4.79 Å². The molecule has 1 amide bonds. The number of aromatic nitrogens is 3. The summed E-state index contributed by atoms with van der Waals surface area (Å²) >= 11 is 0. The van der Waals surface area contributed by atoms with E-state index in [0.29, 0.717) is 11.7 Å². The predicted octanol–water partition coefficient (Wildman–Crippen LogP) is -0.486. The number of rotatable bonds is 2. The molecule has 6 heteroatoms. The summed E-state index contributed by atoms with van der Waals surface area (Å²) in [6.07, 6.45) is 2.76. The average molecular weight is 209 g/mol. The number of nitrogens with zero attached hydrogens (tertiary/aromatic N) is 4. The van der Waals surface area contributed by atoms with Crippen LogP contribution in [0.5, 0.6) is 0 Å². The number of carbonyl (C=O) groups excluding carboxylic acids is 1. The van der Waals surface area contributed by atoms with Crippen molar-refractivity contribution in [2.45, 2.75) is 12.5 Å². The minimum atomic E-state index is -0.104. The molecule has 0 aliphatic carbocycles. The van der Waals surface area contributed by atoms with E-state index in [0.717, 1.165) is 19.5 Å². The first-order valence-electron chi connectivity index (χ1n) is 5.02. The first-order valence-corrected chi connectivity index (χ1v) is 5.02. The summed E-state index contributed by atoms with van der Waals surface area (Å²) in [6.45, 7) is 1.90. The summed E-state index contributed by atoms with van der Waals surface area (Å²) in [5, 5.41) is 11.1. The number of hydrogen-bond donors (Lipinski definition) is 1. The van der Waals surface area contributed by atoms with Gasteiger partial charge in [-0.3, -0.25) is 4.79 Å². The van der Waals surface area contributed by atoms with E-state index in [4.69, 9.17) is 0 Å². The second-order valence-electron chi connectivity index (χ2n) is 3.93. The molecule has 1 N–H and O–H groups in total. The summed E-state index contributed by atoms with van der Waals surface area (Å²) < 4.78 is 1.77. The van der Waals surface area contributed by atoms with Crippen molar-refractivity contribution >= 4 is 5.91 Å². The van der Waals surface area contributed by atoms with Crippen LogP contribution in [0.25, 0.3) is 0 Å². The van der Waals surface area contributed by atoms with Gasteiger partial charge in [0.15, 0.2) is 5.69 Å². The van der Waals surface area contributed by atoms with E-state index in [9.17, 15) is 4.79 Å². The van der Waals surface area contributed by atoms with Gasteiger partial charge in [0.1, 0.15) is 0 Å². The van der Waals surface area contributed by atoms with Crippen molar-refractivity contribution in [1.29, 1.82) is 0 Å². The molecule has 1 fully saturated rings. The van der Waals surface area contributed by atoms with Crippen molar-refractivity contribution in [2.24, 2.45) is 0 Å². The van der Waals surface area contributed by atoms with Crippen molar-refractivity contribution in [3.8, 4) is 0 Å². The largest absolute Gasteiger partial charge is 0.343 e. The van der Waals surface area contributed by atoms with Crippen LogP contribution in [-0.2, 0) is 0 Å². The lowest BCUT2D eigenvalue weighted by atomic mass is 10.3. The number of carbonyl (C=O) groups is 1. The molecule has 1 saturated heterocycles. The van der Waals surface area contributed by atoms with Crippen molar-refractivity contribution in [1.82, 2.24) is 25.2 Å². The van der Waals surface area contributed by atoms with Gasteiger partial charge in [0.05, 0.1) is 12.2 Å². The van der Waals surface area contributed by atoms with Gasteiger partial charge in [0.25, 0.3) is 5.91 Å². The fourth-order valence-electron chi connectivity index (χ4n) is 1.65. The van der Waals surface area contributed by atoms with Crippen molar-refractivity contribution in [3.63, 3.8) is 0 Å². The average Bonchev–Trinajstić information content (AvgIpc) is 2.86. The van der Waals surface area contributed by atoms with Crippen molar-refractivity contribution in [2.75, 3.05) is 27.2 Å². The van der Waals surface area contributed by atoms with Crippen LogP contribution in [-0.4, -0.2) is 53.0 Å². The summed E-state index contributed by atoms with van der Waals surface area (Å²) in [4.78, 5) is 13.1. The van der Waals surface area contributed by atoms with E-state index in [-0.39, 0.29) is 5.91 Å². The second-order valence-corrected chi connectivity index (χ2v) is 3.93. The normalized spacial score (nSPS) is 20.5. The number of hydrogen-bond acceptors (Lipinski definition) is 4. The van der Waals surface area contributed by atoms with E-state index in [1.165, 1.54) is 4.90 Å². The molecule has 0 bridgehead atoms. The first kappa shape index (κ1) is 10.1. The van der Waals surface area contributed by atoms with Gasteiger partial charge in [-0.2, -0.15) is 0 Å². The lowest BCUT2D eigenvalue weighted by molar-refractivity contribution is 0.0822. The van der Waals surface area contributed by atoms with Gasteiger partial charge in [-0.1, -0.05) is 5.21 Å². The smallest absolute Gasteiger partial charge is 0.275 e. The zero-order valence-electron chi connectivity index (χ0n) is 8.97. The van der Waals surface area contributed by atoms with E-state index < -0.39 is 0 Å². The van der Waals surface area contributed by atoms with Crippen LogP contribution >= 0.6 is 0 Å². The molecular formula is C9H15N5O. The van der Waals surface area contributed by atoms with Crippen LogP contribution in [0.2, 0.25) is 0 Å². The van der Waals surface area contributed by atoms with E-state index in [2.05, 4.69) is 15.6 Å². The highest BCUT2D eigenvalue weighted by atomic mass is 16.2. The molecule has 2 rings (SSSR count). The van der Waals surface area contributed by atoms with Crippen LogP contribution in [0.1, 0.15) is 23.0 Å². The Morgan fingerprint density at radius 1 is 1.67 bits per heavy atom. The maximum absolute atomic E-state index is 11.6. The monoisotopic (exact) mass is 209 g/mol. The molecule has 15 heavy (non-hydrogen) atoms. The molecule has 1 aromatic rings. The fraction of sp³-hybridized carbons (Fsp3) is 0.667. The Hall–Kier alpha value is -1.43. The van der Waals surface area contributed by atoms with Crippen LogP contribution in [0.15, 0.2) is 6.20 Å². The molecule has 0 unspecified atom stereocenters. The van der Waals surface area contributed by atoms with Gasteiger partial charge in [-0.15, -0.1) is 5.10 Å².